The number of hydrogen-bond donors (Lipinski definition) is 1. The molecule has 1 N–H and O–H groups in total. The third-order valence-electron chi connectivity index (χ3n) is 3.01. The molecular formula is C16H21N3O2S. The van der Waals surface area contributed by atoms with Gasteiger partial charge in [-0.15, -0.1) is 10.2 Å². The van der Waals surface area contributed by atoms with Crippen molar-refractivity contribution in [2.75, 3.05) is 11.9 Å². The maximum atomic E-state index is 12.3. The predicted octanol–water partition coefficient (Wildman–Crippen LogP) is 3.70. The minimum atomic E-state index is -0.182. The molecule has 0 atom stereocenters. The molecule has 0 aliphatic carbocycles. The van der Waals surface area contributed by atoms with Crippen molar-refractivity contribution in [3.05, 3.63) is 34.3 Å². The van der Waals surface area contributed by atoms with Crippen LogP contribution in [0, 0.1) is 12.8 Å². The van der Waals surface area contributed by atoms with Crippen molar-refractivity contribution in [2.24, 2.45) is 5.92 Å². The zero-order chi connectivity index (χ0) is 16.1. The lowest BCUT2D eigenvalue weighted by Crippen LogP contribution is -2.12. The van der Waals surface area contributed by atoms with Crippen LogP contribution in [0.2, 0.25) is 0 Å². The topological polar surface area (TPSA) is 64.1 Å². The summed E-state index contributed by atoms with van der Waals surface area (Å²) in [6.45, 7) is 8.72. The van der Waals surface area contributed by atoms with E-state index in [1.165, 1.54) is 11.3 Å². The molecule has 22 heavy (non-hydrogen) atoms. The molecular weight excluding hydrogens is 298 g/mol. The standard InChI is InChI=1S/C16H21N3O2S/c1-5-21-13-7-6-12(9-11(13)4)15(20)17-16-19-18-14(22-16)8-10(2)3/h6-7,9-10H,5,8H2,1-4H3,(H,17,19,20). The number of nitrogens with one attached hydrogen (secondary N) is 1. The largest absolute Gasteiger partial charge is 0.494 e. The van der Waals surface area contributed by atoms with Crippen LogP contribution in [0.25, 0.3) is 0 Å². The Morgan fingerprint density at radius 2 is 2.14 bits per heavy atom. The second kappa shape index (κ2) is 7.35. The summed E-state index contributed by atoms with van der Waals surface area (Å²) in [6.07, 6.45) is 0.871. The molecule has 1 aromatic carbocycles. The molecule has 5 nitrogen and oxygen atoms in total. The van der Waals surface area contributed by atoms with Crippen LogP contribution in [0.3, 0.4) is 0 Å². The van der Waals surface area contributed by atoms with Gasteiger partial charge in [0, 0.05) is 12.0 Å². The number of nitrogens with zero attached hydrogens (tertiary/aromatic N) is 2. The van der Waals surface area contributed by atoms with E-state index >= 15 is 0 Å². The lowest BCUT2D eigenvalue weighted by molar-refractivity contribution is 0.102. The highest BCUT2D eigenvalue weighted by Crippen LogP contribution is 2.22. The van der Waals surface area contributed by atoms with Crippen molar-refractivity contribution < 1.29 is 9.53 Å². The fourth-order valence-electron chi connectivity index (χ4n) is 2.01. The van der Waals surface area contributed by atoms with Gasteiger partial charge < -0.3 is 4.74 Å². The number of hydrogen-bond acceptors (Lipinski definition) is 5. The first-order valence-electron chi connectivity index (χ1n) is 7.36. The number of anilines is 1. The van der Waals surface area contributed by atoms with Crippen molar-refractivity contribution in [3.63, 3.8) is 0 Å². The van der Waals surface area contributed by atoms with Crippen LogP contribution >= 0.6 is 11.3 Å². The van der Waals surface area contributed by atoms with E-state index in [0.717, 1.165) is 22.7 Å². The molecule has 2 rings (SSSR count). The Hall–Kier alpha value is -1.95. The maximum Gasteiger partial charge on any atom is 0.257 e. The van der Waals surface area contributed by atoms with Gasteiger partial charge in [-0.05, 0) is 43.5 Å². The molecule has 0 saturated heterocycles. The van der Waals surface area contributed by atoms with Crippen LogP contribution in [-0.2, 0) is 6.42 Å². The first kappa shape index (κ1) is 16.4. The summed E-state index contributed by atoms with van der Waals surface area (Å²) < 4.78 is 5.48. The van der Waals surface area contributed by atoms with E-state index in [0.29, 0.717) is 23.2 Å². The zero-order valence-electron chi connectivity index (χ0n) is 13.3. The Morgan fingerprint density at radius 3 is 2.77 bits per heavy atom. The highest BCUT2D eigenvalue weighted by Gasteiger charge is 2.12. The van der Waals surface area contributed by atoms with E-state index in [4.69, 9.17) is 4.74 Å². The maximum absolute atomic E-state index is 12.3. The van der Waals surface area contributed by atoms with Gasteiger partial charge in [-0.25, -0.2) is 0 Å². The van der Waals surface area contributed by atoms with E-state index in [9.17, 15) is 4.79 Å². The molecule has 2 aromatic rings. The molecule has 118 valence electrons. The molecule has 0 bridgehead atoms. The normalized spacial score (nSPS) is 10.8. The lowest BCUT2D eigenvalue weighted by Gasteiger charge is -2.08. The van der Waals surface area contributed by atoms with Crippen LogP contribution in [0.5, 0.6) is 5.75 Å². The van der Waals surface area contributed by atoms with Gasteiger partial charge in [0.15, 0.2) is 0 Å². The average molecular weight is 319 g/mol. The van der Waals surface area contributed by atoms with Crippen LogP contribution < -0.4 is 10.1 Å². The first-order chi connectivity index (χ1) is 10.5. The SMILES string of the molecule is CCOc1ccc(C(=O)Nc2nnc(CC(C)C)s2)cc1C. The number of amides is 1. The third-order valence-corrected chi connectivity index (χ3v) is 3.87. The van der Waals surface area contributed by atoms with E-state index in [-0.39, 0.29) is 5.91 Å². The van der Waals surface area contributed by atoms with E-state index in [2.05, 4.69) is 29.4 Å². The number of ether oxygens (including phenoxy) is 1. The molecule has 0 unspecified atom stereocenters. The summed E-state index contributed by atoms with van der Waals surface area (Å²) >= 11 is 1.42. The molecule has 0 fully saturated rings. The van der Waals surface area contributed by atoms with Crippen LogP contribution in [-0.4, -0.2) is 22.7 Å². The monoisotopic (exact) mass is 319 g/mol. The van der Waals surface area contributed by atoms with Crippen LogP contribution in [0.4, 0.5) is 5.13 Å². The number of aromatic nitrogens is 2. The Labute approximate surface area is 134 Å². The van der Waals surface area contributed by atoms with Gasteiger partial charge in [0.05, 0.1) is 6.61 Å². The predicted molar refractivity (Wildman–Crippen MR) is 88.8 cm³/mol. The fourth-order valence-corrected chi connectivity index (χ4v) is 2.96. The Balaban J connectivity index is 2.05. The Kier molecular flexibility index (Phi) is 5.49. The summed E-state index contributed by atoms with van der Waals surface area (Å²) in [5.74, 6) is 1.14. The van der Waals surface area contributed by atoms with Gasteiger partial charge >= 0.3 is 0 Å². The van der Waals surface area contributed by atoms with Gasteiger partial charge in [-0.2, -0.15) is 0 Å². The van der Waals surface area contributed by atoms with Crippen molar-refractivity contribution in [2.45, 2.75) is 34.1 Å². The summed E-state index contributed by atoms with van der Waals surface area (Å²) in [4.78, 5) is 12.3. The average Bonchev–Trinajstić information content (AvgIpc) is 2.87. The van der Waals surface area contributed by atoms with Gasteiger partial charge in [-0.3, -0.25) is 10.1 Å². The van der Waals surface area contributed by atoms with Crippen molar-refractivity contribution in [1.29, 1.82) is 0 Å². The second-order valence-corrected chi connectivity index (χ2v) is 6.53. The molecule has 0 aliphatic heterocycles. The molecule has 6 heteroatoms. The van der Waals surface area contributed by atoms with Crippen LogP contribution in [0.15, 0.2) is 18.2 Å². The zero-order valence-corrected chi connectivity index (χ0v) is 14.2. The first-order valence-corrected chi connectivity index (χ1v) is 8.18. The van der Waals surface area contributed by atoms with Gasteiger partial charge in [-0.1, -0.05) is 25.2 Å². The van der Waals surface area contributed by atoms with Crippen molar-refractivity contribution in [3.8, 4) is 5.75 Å². The van der Waals surface area contributed by atoms with Gasteiger partial charge in [0.2, 0.25) is 5.13 Å². The summed E-state index contributed by atoms with van der Waals surface area (Å²) in [5, 5.41) is 12.4. The molecule has 1 aromatic heterocycles. The highest BCUT2D eigenvalue weighted by atomic mass is 32.1. The van der Waals surface area contributed by atoms with Gasteiger partial charge in [0.25, 0.3) is 5.91 Å². The molecule has 0 radical (unpaired) electrons. The summed E-state index contributed by atoms with van der Waals surface area (Å²) in [6, 6.07) is 5.39. The molecule has 1 amide bonds. The number of carbonyl (C=O) groups excluding carboxylic acids is 1. The smallest absolute Gasteiger partial charge is 0.257 e. The van der Waals surface area contributed by atoms with Gasteiger partial charge in [0.1, 0.15) is 10.8 Å². The Morgan fingerprint density at radius 1 is 1.36 bits per heavy atom. The number of carbonyl (C=O) groups is 1. The van der Waals surface area contributed by atoms with Crippen LogP contribution in [0.1, 0.15) is 41.7 Å². The quantitative estimate of drug-likeness (QED) is 0.882. The van der Waals surface area contributed by atoms with E-state index < -0.39 is 0 Å². The van der Waals surface area contributed by atoms with Crippen molar-refractivity contribution in [1.82, 2.24) is 10.2 Å². The third kappa shape index (κ3) is 4.27. The minimum Gasteiger partial charge on any atom is -0.494 e. The number of benzene rings is 1. The fraction of sp³-hybridized carbons (Fsp3) is 0.438. The molecule has 0 aliphatic rings. The molecule has 1 heterocycles. The Bertz CT molecular complexity index is 653. The van der Waals surface area contributed by atoms with E-state index in [1.54, 1.807) is 6.07 Å². The molecule has 0 saturated carbocycles. The number of aryl methyl sites for hydroxylation is 1. The summed E-state index contributed by atoms with van der Waals surface area (Å²) in [5.41, 5.74) is 1.52. The minimum absolute atomic E-state index is 0.182. The number of rotatable bonds is 6. The second-order valence-electron chi connectivity index (χ2n) is 5.47. The molecule has 0 spiro atoms. The van der Waals surface area contributed by atoms with Crippen molar-refractivity contribution >= 4 is 22.4 Å². The lowest BCUT2D eigenvalue weighted by atomic mass is 10.1. The highest BCUT2D eigenvalue weighted by molar-refractivity contribution is 7.15. The van der Waals surface area contributed by atoms with E-state index in [1.807, 2.05) is 26.0 Å². The summed E-state index contributed by atoms with van der Waals surface area (Å²) in [7, 11) is 0.